The number of carbonyl (C=O) groups is 1. The molecule has 6 heteroatoms. The van der Waals surface area contributed by atoms with Gasteiger partial charge in [0.15, 0.2) is 0 Å². The molecule has 0 aliphatic heterocycles. The Kier molecular flexibility index (Phi) is 7.35. The number of halogens is 1. The van der Waals surface area contributed by atoms with E-state index in [1.165, 1.54) is 5.56 Å². The molecule has 1 heterocycles. The van der Waals surface area contributed by atoms with Crippen molar-refractivity contribution in [2.24, 2.45) is 0 Å². The second kappa shape index (κ2) is 8.31. The quantitative estimate of drug-likeness (QED) is 0.709. The number of thiophene rings is 1. The maximum absolute atomic E-state index is 11.8. The Labute approximate surface area is 146 Å². The van der Waals surface area contributed by atoms with Gasteiger partial charge in [-0.3, -0.25) is 0 Å². The van der Waals surface area contributed by atoms with E-state index in [0.29, 0.717) is 6.54 Å². The molecule has 0 fully saturated rings. The molecule has 0 atom stereocenters. The molecule has 126 valence electrons. The highest BCUT2D eigenvalue weighted by Gasteiger charge is 2.27. The van der Waals surface area contributed by atoms with Crippen LogP contribution in [0.4, 0.5) is 4.79 Å². The van der Waals surface area contributed by atoms with Crippen LogP contribution in [0.25, 0.3) is 0 Å². The summed E-state index contributed by atoms with van der Waals surface area (Å²) in [6.07, 6.45) is 1.51. The first kappa shape index (κ1) is 19.5. The summed E-state index contributed by atoms with van der Waals surface area (Å²) in [5.74, 6) is 0. The van der Waals surface area contributed by atoms with Crippen molar-refractivity contribution >= 4 is 33.4 Å². The summed E-state index contributed by atoms with van der Waals surface area (Å²) >= 11 is 5.16. The molecule has 1 aromatic rings. The van der Waals surface area contributed by atoms with E-state index in [2.05, 4.69) is 51.9 Å². The van der Waals surface area contributed by atoms with Gasteiger partial charge in [-0.15, -0.1) is 11.3 Å². The van der Waals surface area contributed by atoms with Crippen LogP contribution >= 0.6 is 27.3 Å². The lowest BCUT2D eigenvalue weighted by Crippen LogP contribution is -2.53. The first-order valence-electron chi connectivity index (χ1n) is 7.64. The van der Waals surface area contributed by atoms with E-state index in [4.69, 9.17) is 4.74 Å². The topological polar surface area (TPSA) is 50.4 Å². The van der Waals surface area contributed by atoms with Crippen LogP contribution in [0, 0.1) is 0 Å². The largest absolute Gasteiger partial charge is 0.444 e. The van der Waals surface area contributed by atoms with Crippen molar-refractivity contribution < 1.29 is 9.53 Å². The molecule has 1 amide bonds. The predicted molar refractivity (Wildman–Crippen MR) is 96.4 cm³/mol. The minimum absolute atomic E-state index is 0.120. The molecule has 0 spiro atoms. The van der Waals surface area contributed by atoms with Gasteiger partial charge in [0.1, 0.15) is 5.60 Å². The van der Waals surface area contributed by atoms with Crippen molar-refractivity contribution in [1.82, 2.24) is 10.6 Å². The average Bonchev–Trinajstić information content (AvgIpc) is 2.84. The number of hydrogen-bond acceptors (Lipinski definition) is 4. The molecule has 1 rings (SSSR count). The summed E-state index contributed by atoms with van der Waals surface area (Å²) < 4.78 is 6.44. The van der Waals surface area contributed by atoms with Crippen molar-refractivity contribution in [3.8, 4) is 0 Å². The molecule has 0 aliphatic rings. The summed E-state index contributed by atoms with van der Waals surface area (Å²) in [4.78, 5) is 11.8. The first-order valence-corrected chi connectivity index (χ1v) is 9.32. The van der Waals surface area contributed by atoms with Gasteiger partial charge in [0.05, 0.1) is 3.79 Å². The number of alkyl carbamates (subject to hydrolysis) is 1. The van der Waals surface area contributed by atoms with Crippen LogP contribution < -0.4 is 10.6 Å². The van der Waals surface area contributed by atoms with Crippen LogP contribution in [-0.2, 0) is 11.3 Å². The molecule has 0 bridgehead atoms. The van der Waals surface area contributed by atoms with Gasteiger partial charge in [-0.2, -0.15) is 0 Å². The lowest BCUT2D eigenvalue weighted by atomic mass is 9.92. The lowest BCUT2D eigenvalue weighted by Gasteiger charge is -2.33. The monoisotopic (exact) mass is 390 g/mol. The molecule has 0 aliphatic carbocycles. The second-order valence-electron chi connectivity index (χ2n) is 6.46. The molecule has 22 heavy (non-hydrogen) atoms. The molecule has 0 radical (unpaired) electrons. The maximum atomic E-state index is 11.8. The molecule has 1 aromatic heterocycles. The molecule has 0 saturated heterocycles. The summed E-state index contributed by atoms with van der Waals surface area (Å²) in [5.41, 5.74) is 0.660. The van der Waals surface area contributed by atoms with E-state index in [1.807, 2.05) is 20.8 Å². The van der Waals surface area contributed by atoms with E-state index in [0.717, 1.165) is 23.2 Å². The summed E-state index contributed by atoms with van der Waals surface area (Å²) in [5, 5.41) is 8.62. The van der Waals surface area contributed by atoms with Gasteiger partial charge in [0.2, 0.25) is 0 Å². The highest BCUT2D eigenvalue weighted by Crippen LogP contribution is 2.22. The van der Waals surface area contributed by atoms with E-state index in [1.54, 1.807) is 11.3 Å². The fourth-order valence-electron chi connectivity index (χ4n) is 2.10. The number of nitrogens with one attached hydrogen (secondary N) is 2. The van der Waals surface area contributed by atoms with Gasteiger partial charge in [0.25, 0.3) is 0 Å². The second-order valence-corrected chi connectivity index (χ2v) is 8.75. The SMILES string of the molecule is CCC(CC)(CNC(=O)OC(C)(C)C)NCc1csc(Br)c1. The van der Waals surface area contributed by atoms with Gasteiger partial charge < -0.3 is 15.4 Å². The Balaban J connectivity index is 2.56. The zero-order valence-corrected chi connectivity index (χ0v) is 16.5. The third-order valence-corrected chi connectivity index (χ3v) is 5.17. The Morgan fingerprint density at radius 2 is 1.95 bits per heavy atom. The lowest BCUT2D eigenvalue weighted by molar-refractivity contribution is 0.0507. The van der Waals surface area contributed by atoms with Crippen molar-refractivity contribution in [3.05, 3.63) is 20.8 Å². The van der Waals surface area contributed by atoms with Crippen molar-refractivity contribution in [2.75, 3.05) is 6.54 Å². The maximum Gasteiger partial charge on any atom is 0.407 e. The standard InChI is InChI=1S/C16H27BrN2O2S/c1-6-16(7-2,11-18-14(20)21-15(3,4)5)19-9-12-8-13(17)22-10-12/h8,10,19H,6-7,9,11H2,1-5H3,(H,18,20). The normalized spacial score (nSPS) is 12.3. The summed E-state index contributed by atoms with van der Waals surface area (Å²) in [6.45, 7) is 11.2. The third-order valence-electron chi connectivity index (χ3n) is 3.61. The van der Waals surface area contributed by atoms with Crippen LogP contribution in [0.2, 0.25) is 0 Å². The zero-order chi connectivity index (χ0) is 16.8. The van der Waals surface area contributed by atoms with E-state index < -0.39 is 5.60 Å². The fraction of sp³-hybridized carbons (Fsp3) is 0.688. The zero-order valence-electron chi connectivity index (χ0n) is 14.1. The van der Waals surface area contributed by atoms with Gasteiger partial charge in [-0.1, -0.05) is 13.8 Å². The fourth-order valence-corrected chi connectivity index (χ4v) is 3.31. The van der Waals surface area contributed by atoms with Gasteiger partial charge >= 0.3 is 6.09 Å². The Morgan fingerprint density at radius 1 is 1.32 bits per heavy atom. The Bertz CT molecular complexity index is 479. The van der Waals surface area contributed by atoms with Crippen LogP contribution in [0.15, 0.2) is 15.2 Å². The van der Waals surface area contributed by atoms with E-state index in [-0.39, 0.29) is 11.6 Å². The number of amides is 1. The molecule has 4 nitrogen and oxygen atoms in total. The highest BCUT2D eigenvalue weighted by atomic mass is 79.9. The third kappa shape index (κ3) is 6.67. The Hall–Kier alpha value is -0.590. The van der Waals surface area contributed by atoms with Gasteiger partial charge in [0, 0.05) is 18.6 Å². The summed E-state index contributed by atoms with van der Waals surface area (Å²) in [7, 11) is 0. The van der Waals surface area contributed by atoms with Gasteiger partial charge in [-0.25, -0.2) is 4.79 Å². The first-order chi connectivity index (χ1) is 10.2. The molecular formula is C16H27BrN2O2S. The number of hydrogen-bond donors (Lipinski definition) is 2. The van der Waals surface area contributed by atoms with E-state index >= 15 is 0 Å². The van der Waals surface area contributed by atoms with Crippen LogP contribution in [0.1, 0.15) is 53.0 Å². The van der Waals surface area contributed by atoms with Gasteiger partial charge in [-0.05, 0) is 66.6 Å². The average molecular weight is 391 g/mol. The van der Waals surface area contributed by atoms with Crippen LogP contribution in [-0.4, -0.2) is 23.8 Å². The Morgan fingerprint density at radius 3 is 2.41 bits per heavy atom. The van der Waals surface area contributed by atoms with Crippen LogP contribution in [0.3, 0.4) is 0 Å². The smallest absolute Gasteiger partial charge is 0.407 e. The van der Waals surface area contributed by atoms with Crippen LogP contribution in [0.5, 0.6) is 0 Å². The van der Waals surface area contributed by atoms with Crippen molar-refractivity contribution in [2.45, 2.75) is 65.1 Å². The predicted octanol–water partition coefficient (Wildman–Crippen LogP) is 4.68. The highest BCUT2D eigenvalue weighted by molar-refractivity contribution is 9.11. The molecular weight excluding hydrogens is 364 g/mol. The van der Waals surface area contributed by atoms with Crippen molar-refractivity contribution in [3.63, 3.8) is 0 Å². The molecule has 0 saturated carbocycles. The van der Waals surface area contributed by atoms with Crippen molar-refractivity contribution in [1.29, 1.82) is 0 Å². The number of ether oxygens (including phenoxy) is 1. The van der Waals surface area contributed by atoms with E-state index in [9.17, 15) is 4.79 Å². The number of carbonyl (C=O) groups excluding carboxylic acids is 1. The molecule has 0 aromatic carbocycles. The summed E-state index contributed by atoms with van der Waals surface area (Å²) in [6, 6.07) is 2.12. The number of rotatable bonds is 7. The molecule has 2 N–H and O–H groups in total. The minimum atomic E-state index is -0.471. The molecule has 0 unspecified atom stereocenters. The minimum Gasteiger partial charge on any atom is -0.444 e.